The van der Waals surface area contributed by atoms with Crippen LogP contribution in [0.4, 0.5) is 20.5 Å². The lowest BCUT2D eigenvalue weighted by Crippen LogP contribution is -2.08. The van der Waals surface area contributed by atoms with E-state index in [2.05, 4.69) is 20.6 Å². The fraction of sp³-hybridized carbons (Fsp3) is 0.158. The fourth-order valence-corrected chi connectivity index (χ4v) is 2.32. The molecule has 4 nitrogen and oxygen atoms in total. The minimum absolute atomic E-state index is 0.256. The molecule has 1 aromatic heterocycles. The third-order valence-electron chi connectivity index (χ3n) is 3.60. The van der Waals surface area contributed by atoms with Gasteiger partial charge in [-0.25, -0.2) is 13.8 Å². The summed E-state index contributed by atoms with van der Waals surface area (Å²) in [4.78, 5) is 8.76. The third-order valence-corrected chi connectivity index (χ3v) is 3.60. The second-order valence-corrected chi connectivity index (χ2v) is 5.68. The summed E-state index contributed by atoms with van der Waals surface area (Å²) in [7, 11) is 0. The van der Waals surface area contributed by atoms with Gasteiger partial charge in [-0.05, 0) is 42.3 Å². The van der Waals surface area contributed by atoms with Gasteiger partial charge in [-0.15, -0.1) is 0 Å². The number of rotatable bonds is 6. The Balaban J connectivity index is 1.63. The van der Waals surface area contributed by atoms with Crippen LogP contribution in [0.15, 0.2) is 54.6 Å². The summed E-state index contributed by atoms with van der Waals surface area (Å²) in [6.07, 6.45) is 0. The number of hydrogen-bond donors (Lipinski definition) is 2. The predicted octanol–water partition coefficient (Wildman–Crippen LogP) is 4.29. The Kier molecular flexibility index (Phi) is 5.18. The molecular formula is C19H18F2N4. The van der Waals surface area contributed by atoms with Crippen molar-refractivity contribution in [3.05, 3.63) is 83.1 Å². The van der Waals surface area contributed by atoms with Crippen LogP contribution in [-0.2, 0) is 13.1 Å². The van der Waals surface area contributed by atoms with Gasteiger partial charge in [-0.1, -0.05) is 24.3 Å². The Morgan fingerprint density at radius 1 is 0.760 bits per heavy atom. The van der Waals surface area contributed by atoms with Crippen LogP contribution in [-0.4, -0.2) is 9.97 Å². The molecule has 3 aromatic rings. The molecule has 0 unspecified atom stereocenters. The van der Waals surface area contributed by atoms with Gasteiger partial charge in [0.15, 0.2) is 0 Å². The maximum atomic E-state index is 12.9. The van der Waals surface area contributed by atoms with Gasteiger partial charge in [0.2, 0.25) is 5.95 Å². The summed E-state index contributed by atoms with van der Waals surface area (Å²) in [5.74, 6) is 0.654. The maximum absolute atomic E-state index is 12.9. The van der Waals surface area contributed by atoms with Gasteiger partial charge in [0.25, 0.3) is 0 Å². The van der Waals surface area contributed by atoms with E-state index in [1.54, 1.807) is 24.3 Å². The summed E-state index contributed by atoms with van der Waals surface area (Å²) < 4.78 is 25.9. The van der Waals surface area contributed by atoms with Crippen LogP contribution in [0.3, 0.4) is 0 Å². The Morgan fingerprint density at radius 3 is 1.84 bits per heavy atom. The second-order valence-electron chi connectivity index (χ2n) is 5.68. The number of nitrogens with one attached hydrogen (secondary N) is 2. The van der Waals surface area contributed by atoms with E-state index in [-0.39, 0.29) is 11.6 Å². The van der Waals surface area contributed by atoms with Crippen LogP contribution in [0.1, 0.15) is 16.8 Å². The third kappa shape index (κ3) is 4.97. The molecule has 25 heavy (non-hydrogen) atoms. The molecule has 1 heterocycles. The molecule has 2 N–H and O–H groups in total. The molecule has 0 radical (unpaired) electrons. The average molecular weight is 340 g/mol. The Labute approximate surface area is 145 Å². The SMILES string of the molecule is Cc1cc(NCc2ccc(F)cc2)nc(NCc2ccc(F)cc2)n1. The number of aromatic nitrogens is 2. The number of benzene rings is 2. The van der Waals surface area contributed by atoms with E-state index in [4.69, 9.17) is 0 Å². The van der Waals surface area contributed by atoms with Crippen LogP contribution < -0.4 is 10.6 Å². The molecule has 0 bridgehead atoms. The molecule has 0 aliphatic heterocycles. The minimum atomic E-state index is -0.261. The molecule has 3 rings (SSSR count). The maximum Gasteiger partial charge on any atom is 0.225 e. The van der Waals surface area contributed by atoms with Gasteiger partial charge in [-0.3, -0.25) is 0 Å². The zero-order valence-corrected chi connectivity index (χ0v) is 13.8. The normalized spacial score (nSPS) is 10.5. The van der Waals surface area contributed by atoms with Crippen molar-refractivity contribution in [3.8, 4) is 0 Å². The number of nitrogens with zero attached hydrogens (tertiary/aromatic N) is 2. The van der Waals surface area contributed by atoms with Crippen LogP contribution in [0.5, 0.6) is 0 Å². The van der Waals surface area contributed by atoms with Crippen molar-refractivity contribution in [1.29, 1.82) is 0 Å². The molecular weight excluding hydrogens is 322 g/mol. The number of anilines is 2. The predicted molar refractivity (Wildman–Crippen MR) is 94.2 cm³/mol. The van der Waals surface area contributed by atoms with E-state index in [1.165, 1.54) is 24.3 Å². The highest BCUT2D eigenvalue weighted by Crippen LogP contribution is 2.13. The van der Waals surface area contributed by atoms with Gasteiger partial charge >= 0.3 is 0 Å². The lowest BCUT2D eigenvalue weighted by Gasteiger charge is -2.10. The summed E-state index contributed by atoms with van der Waals surface area (Å²) in [5, 5.41) is 6.34. The standard InChI is InChI=1S/C19H18F2N4/c1-13-10-18(22-11-14-2-6-16(20)7-3-14)25-19(24-13)23-12-15-4-8-17(21)9-5-15/h2-10H,11-12H2,1H3,(H2,22,23,24,25). The van der Waals surface area contributed by atoms with E-state index in [1.807, 2.05) is 13.0 Å². The van der Waals surface area contributed by atoms with Crippen LogP contribution in [0.2, 0.25) is 0 Å². The highest BCUT2D eigenvalue weighted by Gasteiger charge is 2.03. The molecule has 2 aromatic carbocycles. The first kappa shape index (κ1) is 16.8. The summed E-state index contributed by atoms with van der Waals surface area (Å²) in [6.45, 7) is 2.92. The number of halogens is 2. The zero-order chi connectivity index (χ0) is 17.6. The topological polar surface area (TPSA) is 49.8 Å². The summed E-state index contributed by atoms with van der Waals surface area (Å²) >= 11 is 0. The van der Waals surface area contributed by atoms with E-state index in [9.17, 15) is 8.78 Å². The fourth-order valence-electron chi connectivity index (χ4n) is 2.32. The number of aryl methyl sites for hydroxylation is 1. The quantitative estimate of drug-likeness (QED) is 0.703. The van der Waals surface area contributed by atoms with Crippen molar-refractivity contribution < 1.29 is 8.78 Å². The molecule has 0 spiro atoms. The minimum Gasteiger partial charge on any atom is -0.366 e. The van der Waals surface area contributed by atoms with E-state index < -0.39 is 0 Å². The lowest BCUT2D eigenvalue weighted by molar-refractivity contribution is 0.626. The molecule has 0 amide bonds. The second kappa shape index (κ2) is 7.70. The smallest absolute Gasteiger partial charge is 0.225 e. The van der Waals surface area contributed by atoms with Crippen molar-refractivity contribution in [1.82, 2.24) is 9.97 Å². The van der Waals surface area contributed by atoms with Gasteiger partial charge in [0.05, 0.1) is 0 Å². The van der Waals surface area contributed by atoms with Gasteiger partial charge in [0.1, 0.15) is 17.5 Å². The van der Waals surface area contributed by atoms with Gasteiger partial charge in [-0.2, -0.15) is 4.98 Å². The highest BCUT2D eigenvalue weighted by atomic mass is 19.1. The van der Waals surface area contributed by atoms with E-state index in [0.29, 0.717) is 24.9 Å². The van der Waals surface area contributed by atoms with Crippen LogP contribution >= 0.6 is 0 Å². The van der Waals surface area contributed by atoms with Crippen LogP contribution in [0, 0.1) is 18.6 Å². The van der Waals surface area contributed by atoms with Crippen molar-refractivity contribution in [3.63, 3.8) is 0 Å². The van der Waals surface area contributed by atoms with Crippen LogP contribution in [0.25, 0.3) is 0 Å². The molecule has 0 aliphatic rings. The van der Waals surface area contributed by atoms with Crippen molar-refractivity contribution in [2.75, 3.05) is 10.6 Å². The average Bonchev–Trinajstić information content (AvgIpc) is 2.60. The molecule has 0 fully saturated rings. The van der Waals surface area contributed by atoms with Crippen molar-refractivity contribution in [2.24, 2.45) is 0 Å². The van der Waals surface area contributed by atoms with E-state index >= 15 is 0 Å². The summed E-state index contributed by atoms with van der Waals surface area (Å²) in [6, 6.07) is 14.4. The molecule has 0 aliphatic carbocycles. The molecule has 6 heteroatoms. The molecule has 0 saturated heterocycles. The Bertz CT molecular complexity index is 765. The van der Waals surface area contributed by atoms with Gasteiger partial charge in [0, 0.05) is 24.8 Å². The largest absolute Gasteiger partial charge is 0.366 e. The Hall–Kier alpha value is -3.02. The van der Waals surface area contributed by atoms with E-state index in [0.717, 1.165) is 16.8 Å². The monoisotopic (exact) mass is 340 g/mol. The first-order valence-electron chi connectivity index (χ1n) is 7.91. The van der Waals surface area contributed by atoms with Crippen molar-refractivity contribution in [2.45, 2.75) is 20.0 Å². The first-order chi connectivity index (χ1) is 12.1. The Morgan fingerprint density at radius 2 is 1.28 bits per heavy atom. The molecule has 128 valence electrons. The van der Waals surface area contributed by atoms with Gasteiger partial charge < -0.3 is 10.6 Å². The summed E-state index contributed by atoms with van der Waals surface area (Å²) in [5.41, 5.74) is 2.71. The number of hydrogen-bond acceptors (Lipinski definition) is 4. The molecule has 0 atom stereocenters. The highest BCUT2D eigenvalue weighted by molar-refractivity contribution is 5.43. The molecule has 0 saturated carbocycles. The lowest BCUT2D eigenvalue weighted by atomic mass is 10.2. The first-order valence-corrected chi connectivity index (χ1v) is 7.91. The van der Waals surface area contributed by atoms with Crippen molar-refractivity contribution >= 4 is 11.8 Å². The zero-order valence-electron chi connectivity index (χ0n) is 13.8.